The summed E-state index contributed by atoms with van der Waals surface area (Å²) in [7, 11) is -2.12. The van der Waals surface area contributed by atoms with Gasteiger partial charge in [-0.1, -0.05) is 60.8 Å². The van der Waals surface area contributed by atoms with Crippen LogP contribution in [0.1, 0.15) is 34.6 Å². The van der Waals surface area contributed by atoms with Gasteiger partial charge in [0, 0.05) is 19.8 Å². The Morgan fingerprint density at radius 1 is 0.971 bits per heavy atom. The van der Waals surface area contributed by atoms with E-state index in [0.717, 1.165) is 0 Å². The average molecular weight is 492 g/mol. The number of alkyl carbamates (subject to hydrolysis) is 1. The van der Waals surface area contributed by atoms with E-state index in [0.29, 0.717) is 6.04 Å². The Hall–Kier alpha value is -2.65. The predicted molar refractivity (Wildman–Crippen MR) is 131 cm³/mol. The fourth-order valence-electron chi connectivity index (χ4n) is 4.21. The van der Waals surface area contributed by atoms with Gasteiger partial charge in [-0.3, -0.25) is 9.59 Å². The van der Waals surface area contributed by atoms with Crippen molar-refractivity contribution in [3.63, 3.8) is 0 Å². The molecule has 1 aliphatic carbocycles. The van der Waals surface area contributed by atoms with Crippen LogP contribution < -0.4 is 10.5 Å². The van der Waals surface area contributed by atoms with Crippen molar-refractivity contribution in [3.05, 3.63) is 42.5 Å². The highest BCUT2D eigenvalue weighted by Gasteiger charge is 2.46. The second kappa shape index (κ2) is 11.2. The van der Waals surface area contributed by atoms with Crippen LogP contribution in [0.25, 0.3) is 0 Å². The molecule has 0 fully saturated rings. The van der Waals surface area contributed by atoms with Crippen LogP contribution in [0.3, 0.4) is 0 Å². The maximum atomic E-state index is 12.5. The number of rotatable bonds is 6. The molecule has 0 aliphatic heterocycles. The van der Waals surface area contributed by atoms with Crippen LogP contribution in [-0.2, 0) is 23.8 Å². The zero-order chi connectivity index (χ0) is 25.7. The number of hydrogen-bond acceptors (Lipinski definition) is 7. The number of esters is 2. The van der Waals surface area contributed by atoms with Gasteiger partial charge in [0.15, 0.2) is 6.10 Å². The maximum Gasteiger partial charge on any atom is 0.408 e. The molecule has 0 saturated carbocycles. The van der Waals surface area contributed by atoms with Crippen molar-refractivity contribution < 1.29 is 33.7 Å². The first-order valence-corrected chi connectivity index (χ1v) is 14.7. The van der Waals surface area contributed by atoms with Crippen molar-refractivity contribution in [1.82, 2.24) is 5.32 Å². The maximum absolute atomic E-state index is 12.5. The van der Waals surface area contributed by atoms with E-state index in [4.69, 9.17) is 14.2 Å². The summed E-state index contributed by atoms with van der Waals surface area (Å²) in [5.74, 6) is -1.73. The van der Waals surface area contributed by atoms with Gasteiger partial charge in [-0.25, -0.2) is 4.79 Å². The van der Waals surface area contributed by atoms with Gasteiger partial charge < -0.3 is 24.6 Å². The van der Waals surface area contributed by atoms with Gasteiger partial charge in [0.1, 0.15) is 11.7 Å². The number of benzene rings is 1. The first-order chi connectivity index (χ1) is 15.7. The standard InChI is InChI=1S/C25H37NO7Si/c1-16(27)31-22-19(15-34(6,7)18-11-9-8-10-12-18)21(29)14-13-20(23(22)32-17(2)28)26-24(30)33-25(3,4)5/h8-14,19-23,29H,15H2,1-7H3,(H,26,30)/t19-,20+,21-,22+,23-/m1/s1. The number of hydrogen-bond donors (Lipinski definition) is 2. The molecule has 9 heteroatoms. The topological polar surface area (TPSA) is 111 Å². The lowest BCUT2D eigenvalue weighted by molar-refractivity contribution is -0.173. The Morgan fingerprint density at radius 2 is 1.53 bits per heavy atom. The molecule has 1 amide bonds. The number of nitrogens with one attached hydrogen (secondary N) is 1. The van der Waals surface area contributed by atoms with Crippen LogP contribution in [0.2, 0.25) is 19.1 Å². The minimum absolute atomic E-state index is 0.553. The summed E-state index contributed by atoms with van der Waals surface area (Å²) in [5.41, 5.74) is -0.738. The van der Waals surface area contributed by atoms with Crippen LogP contribution in [0.5, 0.6) is 0 Å². The lowest BCUT2D eigenvalue weighted by Gasteiger charge is -2.38. The van der Waals surface area contributed by atoms with E-state index >= 15 is 0 Å². The van der Waals surface area contributed by atoms with E-state index in [1.807, 2.05) is 18.2 Å². The summed E-state index contributed by atoms with van der Waals surface area (Å²) in [4.78, 5) is 36.6. The van der Waals surface area contributed by atoms with E-state index in [1.165, 1.54) is 19.0 Å². The molecular formula is C25H37NO7Si. The highest BCUT2D eigenvalue weighted by Crippen LogP contribution is 2.32. The van der Waals surface area contributed by atoms with Crippen molar-refractivity contribution in [2.24, 2.45) is 5.92 Å². The fraction of sp³-hybridized carbons (Fsp3) is 0.560. The molecule has 0 spiro atoms. The molecule has 1 aromatic carbocycles. The monoisotopic (exact) mass is 491 g/mol. The molecule has 1 aromatic rings. The van der Waals surface area contributed by atoms with Crippen LogP contribution >= 0.6 is 0 Å². The molecule has 0 saturated heterocycles. The quantitative estimate of drug-likeness (QED) is 0.272. The molecule has 2 rings (SSSR count). The van der Waals surface area contributed by atoms with Gasteiger partial charge in [-0.15, -0.1) is 0 Å². The highest BCUT2D eigenvalue weighted by atomic mass is 28.3. The molecule has 2 N–H and O–H groups in total. The minimum Gasteiger partial charge on any atom is -0.458 e. The third-order valence-electron chi connectivity index (χ3n) is 5.64. The lowest BCUT2D eigenvalue weighted by atomic mass is 9.93. The first-order valence-electron chi connectivity index (χ1n) is 11.5. The van der Waals surface area contributed by atoms with E-state index in [1.54, 1.807) is 32.9 Å². The summed E-state index contributed by atoms with van der Waals surface area (Å²) >= 11 is 0. The van der Waals surface area contributed by atoms with Crippen LogP contribution in [0.15, 0.2) is 42.5 Å². The number of aliphatic hydroxyl groups is 1. The Balaban J connectivity index is 2.45. The summed E-state index contributed by atoms with van der Waals surface area (Å²) in [6.07, 6.45) is -0.608. The second-order valence-electron chi connectivity index (χ2n) is 10.3. The fourth-order valence-corrected chi connectivity index (χ4v) is 7.20. The molecule has 0 aromatic heterocycles. The number of aliphatic hydroxyl groups excluding tert-OH is 1. The van der Waals surface area contributed by atoms with Gasteiger partial charge in [-0.2, -0.15) is 0 Å². The van der Waals surface area contributed by atoms with Crippen molar-refractivity contribution in [2.75, 3.05) is 0 Å². The van der Waals surface area contributed by atoms with Gasteiger partial charge in [0.2, 0.25) is 0 Å². The molecule has 0 heterocycles. The number of ether oxygens (including phenoxy) is 3. The van der Waals surface area contributed by atoms with Crippen molar-refractivity contribution >= 4 is 31.3 Å². The van der Waals surface area contributed by atoms with Crippen LogP contribution in [-0.4, -0.2) is 61.2 Å². The zero-order valence-electron chi connectivity index (χ0n) is 21.0. The van der Waals surface area contributed by atoms with Crippen LogP contribution in [0, 0.1) is 5.92 Å². The summed E-state index contributed by atoms with van der Waals surface area (Å²) in [6, 6.07) is 9.69. The molecule has 188 valence electrons. The number of carbonyl (C=O) groups is 3. The van der Waals surface area contributed by atoms with Crippen molar-refractivity contribution in [3.8, 4) is 0 Å². The number of carbonyl (C=O) groups excluding carboxylic acids is 3. The summed E-state index contributed by atoms with van der Waals surface area (Å²) in [6.45, 7) is 12.1. The van der Waals surface area contributed by atoms with Gasteiger partial charge in [-0.05, 0) is 26.8 Å². The Morgan fingerprint density at radius 3 is 2.06 bits per heavy atom. The molecular weight excluding hydrogens is 454 g/mol. The predicted octanol–water partition coefficient (Wildman–Crippen LogP) is 2.91. The van der Waals surface area contributed by atoms with E-state index in [2.05, 4.69) is 30.5 Å². The Labute approximate surface area is 202 Å². The lowest BCUT2D eigenvalue weighted by Crippen LogP contribution is -2.55. The second-order valence-corrected chi connectivity index (χ2v) is 15.1. The van der Waals surface area contributed by atoms with Crippen molar-refractivity contribution in [2.45, 2.75) is 83.7 Å². The minimum atomic E-state index is -2.12. The SMILES string of the molecule is CC(=O)O[C@H]1[C@H](C[Si](C)(C)c2ccccc2)[C@H](O)C=C[C@H](NC(=O)OC(C)(C)C)[C@H]1OC(C)=O. The number of amides is 1. The molecule has 0 unspecified atom stereocenters. The Bertz CT molecular complexity index is 894. The van der Waals surface area contributed by atoms with E-state index in [-0.39, 0.29) is 0 Å². The molecule has 0 bridgehead atoms. The average Bonchev–Trinajstić information content (AvgIpc) is 2.80. The normalized spacial score (nSPS) is 25.1. The molecule has 0 radical (unpaired) electrons. The smallest absolute Gasteiger partial charge is 0.408 e. The summed E-state index contributed by atoms with van der Waals surface area (Å²) in [5, 5.41) is 15.0. The van der Waals surface area contributed by atoms with E-state index in [9.17, 15) is 19.5 Å². The Kier molecular flexibility index (Phi) is 9.07. The third-order valence-corrected chi connectivity index (χ3v) is 9.03. The van der Waals surface area contributed by atoms with Gasteiger partial charge >= 0.3 is 18.0 Å². The molecule has 34 heavy (non-hydrogen) atoms. The highest BCUT2D eigenvalue weighted by molar-refractivity contribution is 6.89. The molecule has 1 aliphatic rings. The summed E-state index contributed by atoms with van der Waals surface area (Å²) < 4.78 is 16.6. The molecule has 5 atom stereocenters. The van der Waals surface area contributed by atoms with Crippen molar-refractivity contribution in [1.29, 1.82) is 0 Å². The first kappa shape index (κ1) is 27.6. The molecule has 8 nitrogen and oxygen atoms in total. The van der Waals surface area contributed by atoms with Crippen LogP contribution in [0.4, 0.5) is 4.79 Å². The zero-order valence-corrected chi connectivity index (χ0v) is 22.0. The van der Waals surface area contributed by atoms with Gasteiger partial charge in [0.05, 0.1) is 20.2 Å². The van der Waals surface area contributed by atoms with E-state index < -0.39 is 62.0 Å². The van der Waals surface area contributed by atoms with Gasteiger partial charge in [0.25, 0.3) is 0 Å². The third kappa shape index (κ3) is 7.98. The largest absolute Gasteiger partial charge is 0.458 e.